The molecule has 7 heteroatoms. The van der Waals surface area contributed by atoms with E-state index >= 15 is 0 Å². The number of carbonyl (C=O) groups excluding carboxylic acids is 1. The van der Waals surface area contributed by atoms with Gasteiger partial charge in [-0.2, -0.15) is 5.26 Å². The number of aromatic nitrogens is 2. The van der Waals surface area contributed by atoms with Crippen molar-refractivity contribution in [1.29, 1.82) is 5.26 Å². The van der Waals surface area contributed by atoms with E-state index in [-0.39, 0.29) is 11.4 Å². The first-order chi connectivity index (χ1) is 11.4. The second-order valence-corrected chi connectivity index (χ2v) is 7.31. The van der Waals surface area contributed by atoms with E-state index in [1.807, 2.05) is 26.8 Å². The van der Waals surface area contributed by atoms with Gasteiger partial charge in [0.1, 0.15) is 11.9 Å². The van der Waals surface area contributed by atoms with Crippen molar-refractivity contribution in [3.8, 4) is 6.07 Å². The number of amides is 1. The molecule has 1 saturated heterocycles. The van der Waals surface area contributed by atoms with Crippen molar-refractivity contribution in [2.45, 2.75) is 39.2 Å². The molecule has 130 valence electrons. The fourth-order valence-electron chi connectivity index (χ4n) is 2.74. The van der Waals surface area contributed by atoms with Gasteiger partial charge in [-0.25, -0.2) is 0 Å². The molecule has 2 N–H and O–H groups in total. The molecule has 2 heterocycles. The molecule has 2 rings (SSSR count). The largest absolute Gasteiger partial charge is 0.368 e. The fourth-order valence-corrected chi connectivity index (χ4v) is 2.74. The summed E-state index contributed by atoms with van der Waals surface area (Å²) in [6.07, 6.45) is 2.11. The van der Waals surface area contributed by atoms with Crippen molar-refractivity contribution >= 4 is 11.7 Å². The number of rotatable bonds is 5. The summed E-state index contributed by atoms with van der Waals surface area (Å²) in [5.74, 6) is 1.34. The molecule has 0 bridgehead atoms. The summed E-state index contributed by atoms with van der Waals surface area (Å²) in [5.41, 5.74) is 0.143. The van der Waals surface area contributed by atoms with Gasteiger partial charge in [0.15, 0.2) is 5.69 Å². The van der Waals surface area contributed by atoms with E-state index in [1.54, 1.807) is 12.1 Å². The Morgan fingerprint density at radius 3 is 2.58 bits per heavy atom. The van der Waals surface area contributed by atoms with E-state index in [2.05, 4.69) is 25.7 Å². The van der Waals surface area contributed by atoms with Gasteiger partial charge in [0.2, 0.25) is 5.91 Å². The van der Waals surface area contributed by atoms with Gasteiger partial charge in [-0.3, -0.25) is 9.69 Å². The fraction of sp³-hybridized carbons (Fsp3) is 0.647. The normalized spacial score (nSPS) is 16.4. The monoisotopic (exact) mass is 330 g/mol. The van der Waals surface area contributed by atoms with E-state index in [1.165, 1.54) is 0 Å². The summed E-state index contributed by atoms with van der Waals surface area (Å²) in [4.78, 5) is 14.2. The molecule has 0 aromatic carbocycles. The predicted molar refractivity (Wildman–Crippen MR) is 92.3 cm³/mol. The number of likely N-dealkylation sites (tertiary alicyclic amines) is 1. The van der Waals surface area contributed by atoms with E-state index in [0.29, 0.717) is 24.0 Å². The Hall–Kier alpha value is -2.20. The second-order valence-electron chi connectivity index (χ2n) is 7.31. The van der Waals surface area contributed by atoms with Gasteiger partial charge in [0, 0.05) is 12.1 Å². The number of nitrogens with one attached hydrogen (secondary N) is 2. The van der Waals surface area contributed by atoms with Gasteiger partial charge < -0.3 is 10.6 Å². The maximum absolute atomic E-state index is 12.0. The number of piperidine rings is 1. The lowest BCUT2D eigenvalue weighted by Gasteiger charge is -2.32. The Morgan fingerprint density at radius 2 is 2.04 bits per heavy atom. The lowest BCUT2D eigenvalue weighted by Crippen LogP contribution is -2.47. The molecule has 1 aliphatic heterocycles. The zero-order valence-electron chi connectivity index (χ0n) is 14.7. The molecule has 1 aromatic heterocycles. The minimum Gasteiger partial charge on any atom is -0.368 e. The van der Waals surface area contributed by atoms with E-state index in [0.717, 1.165) is 32.5 Å². The van der Waals surface area contributed by atoms with Crippen LogP contribution in [0.25, 0.3) is 0 Å². The van der Waals surface area contributed by atoms with Crippen LogP contribution in [0.3, 0.4) is 0 Å². The Kier molecular flexibility index (Phi) is 6.10. The first kappa shape index (κ1) is 18.1. The molecular weight excluding hydrogens is 304 g/mol. The third-order valence-electron chi connectivity index (χ3n) is 3.94. The molecule has 0 aliphatic carbocycles. The topological polar surface area (TPSA) is 93.9 Å². The predicted octanol–water partition coefficient (Wildman–Crippen LogP) is 1.39. The highest BCUT2D eigenvalue weighted by molar-refractivity contribution is 5.78. The van der Waals surface area contributed by atoms with Crippen molar-refractivity contribution in [1.82, 2.24) is 20.4 Å². The average Bonchev–Trinajstić information content (AvgIpc) is 2.53. The summed E-state index contributed by atoms with van der Waals surface area (Å²) in [5, 5.41) is 22.8. The molecule has 7 nitrogen and oxygen atoms in total. The highest BCUT2D eigenvalue weighted by Gasteiger charge is 2.22. The average molecular weight is 330 g/mol. The highest BCUT2D eigenvalue weighted by atomic mass is 16.2. The third kappa shape index (κ3) is 6.13. The Labute approximate surface area is 143 Å². The van der Waals surface area contributed by atoms with Crippen LogP contribution in [0.5, 0.6) is 0 Å². The highest BCUT2D eigenvalue weighted by Crippen LogP contribution is 2.17. The minimum absolute atomic E-state index is 0.0898. The lowest BCUT2D eigenvalue weighted by molar-refractivity contribution is -0.124. The number of carbonyl (C=O) groups is 1. The molecule has 24 heavy (non-hydrogen) atoms. The Balaban J connectivity index is 1.69. The summed E-state index contributed by atoms with van der Waals surface area (Å²) >= 11 is 0. The lowest BCUT2D eigenvalue weighted by atomic mass is 9.96. The quantitative estimate of drug-likeness (QED) is 0.847. The van der Waals surface area contributed by atoms with Crippen LogP contribution >= 0.6 is 0 Å². The molecule has 0 spiro atoms. The molecule has 0 atom stereocenters. The molecule has 1 amide bonds. The van der Waals surface area contributed by atoms with Gasteiger partial charge in [0.25, 0.3) is 0 Å². The van der Waals surface area contributed by atoms with Crippen molar-refractivity contribution in [3.63, 3.8) is 0 Å². The second kappa shape index (κ2) is 8.06. The number of hydrogen-bond acceptors (Lipinski definition) is 6. The molecule has 0 radical (unpaired) electrons. The molecule has 1 aromatic rings. The first-order valence-corrected chi connectivity index (χ1v) is 8.37. The van der Waals surface area contributed by atoms with Crippen LogP contribution < -0.4 is 10.6 Å². The summed E-state index contributed by atoms with van der Waals surface area (Å²) in [6, 6.07) is 5.39. The maximum Gasteiger partial charge on any atom is 0.234 e. The van der Waals surface area contributed by atoms with Crippen molar-refractivity contribution in [2.24, 2.45) is 5.92 Å². The first-order valence-electron chi connectivity index (χ1n) is 8.37. The van der Waals surface area contributed by atoms with Crippen molar-refractivity contribution in [3.05, 3.63) is 17.8 Å². The van der Waals surface area contributed by atoms with E-state index < -0.39 is 0 Å². The third-order valence-corrected chi connectivity index (χ3v) is 3.94. The van der Waals surface area contributed by atoms with Gasteiger partial charge >= 0.3 is 0 Å². The summed E-state index contributed by atoms with van der Waals surface area (Å²) in [7, 11) is 0. The van der Waals surface area contributed by atoms with Crippen LogP contribution in [-0.2, 0) is 4.79 Å². The van der Waals surface area contributed by atoms with Crippen LogP contribution in [0.15, 0.2) is 12.1 Å². The molecule has 1 fully saturated rings. The minimum atomic E-state index is -0.179. The van der Waals surface area contributed by atoms with Crippen molar-refractivity contribution in [2.75, 3.05) is 31.5 Å². The number of anilines is 1. The standard InChI is InChI=1S/C17H26N6O/c1-17(2,3)20-16(24)12-23-8-6-13(7-9-23)11-19-15-5-4-14(10-18)21-22-15/h4-5,13H,6-9,11-12H2,1-3H3,(H,19,22)(H,20,24). The maximum atomic E-state index is 12.0. The Bertz CT molecular complexity index is 579. The van der Waals surface area contributed by atoms with Crippen LogP contribution in [0.1, 0.15) is 39.3 Å². The smallest absolute Gasteiger partial charge is 0.234 e. The summed E-state index contributed by atoms with van der Waals surface area (Å²) in [6.45, 7) is 9.16. The van der Waals surface area contributed by atoms with Crippen LogP contribution in [0.2, 0.25) is 0 Å². The Morgan fingerprint density at radius 1 is 1.33 bits per heavy atom. The molecule has 0 unspecified atom stereocenters. The number of nitrogens with zero attached hydrogens (tertiary/aromatic N) is 4. The van der Waals surface area contributed by atoms with Gasteiger partial charge in [-0.15, -0.1) is 10.2 Å². The van der Waals surface area contributed by atoms with E-state index in [4.69, 9.17) is 5.26 Å². The van der Waals surface area contributed by atoms with Gasteiger partial charge in [0.05, 0.1) is 6.54 Å². The number of hydrogen-bond donors (Lipinski definition) is 2. The van der Waals surface area contributed by atoms with Crippen LogP contribution in [0.4, 0.5) is 5.82 Å². The van der Waals surface area contributed by atoms with Gasteiger partial charge in [-0.1, -0.05) is 0 Å². The SMILES string of the molecule is CC(C)(C)NC(=O)CN1CCC(CNc2ccc(C#N)nn2)CC1. The van der Waals surface area contributed by atoms with Gasteiger partial charge in [-0.05, 0) is 64.8 Å². The van der Waals surface area contributed by atoms with E-state index in [9.17, 15) is 4.79 Å². The zero-order chi connectivity index (χ0) is 17.6. The van der Waals surface area contributed by atoms with Crippen LogP contribution in [-0.4, -0.2) is 52.7 Å². The molecule has 0 saturated carbocycles. The molecular formula is C17H26N6O. The number of nitriles is 1. The summed E-state index contributed by atoms with van der Waals surface area (Å²) < 4.78 is 0. The van der Waals surface area contributed by atoms with Crippen LogP contribution in [0, 0.1) is 17.2 Å². The molecule has 1 aliphatic rings. The zero-order valence-corrected chi connectivity index (χ0v) is 14.7. The van der Waals surface area contributed by atoms with Crippen molar-refractivity contribution < 1.29 is 4.79 Å².